The molecule has 0 radical (unpaired) electrons. The van der Waals surface area contributed by atoms with E-state index in [-0.39, 0.29) is 18.2 Å². The standard InChI is InChI=1S/C26H30N4O2.C2HF3O2/c27-12-11-25(31)29(18-19-5-2-1-3-6-19)13-14-30-23-9-10-24(30)17-22(16-23)20-7-4-8-21(15-20)26(28)32;3-2(4,5)1(6)7/h1-8,15,22-24H,9-11,13-14,16-18H2,(H2,28,32);(H,6,7). The molecule has 2 heterocycles. The van der Waals surface area contributed by atoms with Crippen molar-refractivity contribution in [3.63, 3.8) is 0 Å². The zero-order chi connectivity index (χ0) is 28.6. The van der Waals surface area contributed by atoms with Gasteiger partial charge < -0.3 is 15.7 Å². The number of carbonyl (C=O) groups excluding carboxylic acids is 2. The summed E-state index contributed by atoms with van der Waals surface area (Å²) in [6.45, 7) is 1.99. The SMILES string of the molecule is N#CCC(=O)N(CCN1C2CCC1CC(c1cccc(C(N)=O)c1)C2)Cc1ccccc1.O=C(O)C(F)(F)F. The van der Waals surface area contributed by atoms with E-state index < -0.39 is 12.1 Å². The number of nitriles is 1. The number of fused-ring (bicyclic) bond motifs is 2. The van der Waals surface area contributed by atoms with Crippen molar-refractivity contribution in [1.82, 2.24) is 9.80 Å². The van der Waals surface area contributed by atoms with Gasteiger partial charge in [-0.3, -0.25) is 14.5 Å². The minimum absolute atomic E-state index is 0.0853. The minimum atomic E-state index is -5.08. The first-order valence-corrected chi connectivity index (χ1v) is 12.6. The second-order valence-electron chi connectivity index (χ2n) is 9.72. The number of alkyl halides is 3. The highest BCUT2D eigenvalue weighted by molar-refractivity contribution is 5.92. The lowest BCUT2D eigenvalue weighted by Gasteiger charge is -2.40. The van der Waals surface area contributed by atoms with Crippen molar-refractivity contribution < 1.29 is 32.7 Å². The summed E-state index contributed by atoms with van der Waals surface area (Å²) in [5, 5.41) is 16.1. The quantitative estimate of drug-likeness (QED) is 0.516. The van der Waals surface area contributed by atoms with Gasteiger partial charge >= 0.3 is 12.1 Å². The van der Waals surface area contributed by atoms with Crippen LogP contribution in [0.3, 0.4) is 0 Å². The van der Waals surface area contributed by atoms with Crippen LogP contribution in [0.1, 0.15) is 59.5 Å². The summed E-state index contributed by atoms with van der Waals surface area (Å²) in [6.07, 6.45) is -0.714. The second-order valence-corrected chi connectivity index (χ2v) is 9.72. The zero-order valence-corrected chi connectivity index (χ0v) is 21.3. The number of amides is 2. The molecule has 2 bridgehead atoms. The van der Waals surface area contributed by atoms with E-state index in [4.69, 9.17) is 20.9 Å². The summed E-state index contributed by atoms with van der Waals surface area (Å²) >= 11 is 0. The number of piperidine rings is 1. The molecule has 4 rings (SSSR count). The van der Waals surface area contributed by atoms with Gasteiger partial charge in [-0.1, -0.05) is 42.5 Å². The summed E-state index contributed by atoms with van der Waals surface area (Å²) < 4.78 is 31.7. The second kappa shape index (κ2) is 13.2. The molecule has 11 heteroatoms. The molecule has 2 atom stereocenters. The first-order valence-electron chi connectivity index (χ1n) is 12.6. The molecule has 2 aliphatic heterocycles. The van der Waals surface area contributed by atoms with Gasteiger partial charge in [-0.15, -0.1) is 0 Å². The number of carboxylic acid groups (broad SMARTS) is 1. The Hall–Kier alpha value is -3.91. The van der Waals surface area contributed by atoms with Crippen molar-refractivity contribution in [2.24, 2.45) is 5.73 Å². The maximum atomic E-state index is 12.6. The van der Waals surface area contributed by atoms with Gasteiger partial charge in [-0.25, -0.2) is 4.79 Å². The molecule has 2 fully saturated rings. The van der Waals surface area contributed by atoms with Crippen molar-refractivity contribution in [2.45, 2.75) is 62.8 Å². The fourth-order valence-electron chi connectivity index (χ4n) is 5.37. The molecule has 39 heavy (non-hydrogen) atoms. The van der Waals surface area contributed by atoms with Crippen molar-refractivity contribution >= 4 is 17.8 Å². The van der Waals surface area contributed by atoms with Crippen LogP contribution in [-0.4, -0.2) is 64.0 Å². The number of primary amides is 1. The Balaban J connectivity index is 0.000000532. The number of rotatable bonds is 8. The van der Waals surface area contributed by atoms with E-state index in [1.165, 1.54) is 18.4 Å². The summed E-state index contributed by atoms with van der Waals surface area (Å²) in [5.41, 5.74) is 8.32. The molecule has 2 aromatic carbocycles. The van der Waals surface area contributed by atoms with Crippen molar-refractivity contribution in [3.05, 3.63) is 71.3 Å². The molecule has 2 aliphatic rings. The smallest absolute Gasteiger partial charge is 0.475 e. The first-order chi connectivity index (χ1) is 18.5. The molecule has 0 saturated carbocycles. The van der Waals surface area contributed by atoms with Crippen LogP contribution in [0.25, 0.3) is 0 Å². The Morgan fingerprint density at radius 2 is 1.67 bits per heavy atom. The van der Waals surface area contributed by atoms with E-state index >= 15 is 0 Å². The van der Waals surface area contributed by atoms with Crippen LogP contribution in [0.15, 0.2) is 54.6 Å². The molecule has 3 N–H and O–H groups in total. The Morgan fingerprint density at radius 3 is 2.21 bits per heavy atom. The maximum Gasteiger partial charge on any atom is 0.490 e. The summed E-state index contributed by atoms with van der Waals surface area (Å²) in [6, 6.07) is 20.7. The molecular formula is C28H31F3N4O4. The molecular weight excluding hydrogens is 513 g/mol. The van der Waals surface area contributed by atoms with Crippen LogP contribution >= 0.6 is 0 Å². The number of hydrogen-bond donors (Lipinski definition) is 2. The van der Waals surface area contributed by atoms with Crippen LogP contribution in [0.4, 0.5) is 13.2 Å². The Bertz CT molecular complexity index is 1190. The molecule has 208 valence electrons. The summed E-state index contributed by atoms with van der Waals surface area (Å²) in [4.78, 5) is 37.4. The highest BCUT2D eigenvalue weighted by atomic mass is 19.4. The maximum absolute atomic E-state index is 12.6. The Labute approximate surface area is 224 Å². The Kier molecular flexibility index (Phi) is 10.1. The number of nitrogens with zero attached hydrogens (tertiary/aromatic N) is 3. The van der Waals surface area contributed by atoms with Crippen LogP contribution in [-0.2, 0) is 16.1 Å². The van der Waals surface area contributed by atoms with Crippen LogP contribution in [0, 0.1) is 11.3 Å². The third kappa shape index (κ3) is 8.29. The molecule has 2 aromatic rings. The number of carboxylic acids is 1. The zero-order valence-electron chi connectivity index (χ0n) is 21.3. The first kappa shape index (κ1) is 29.6. The summed E-state index contributed by atoms with van der Waals surface area (Å²) in [5.74, 6) is -2.81. The van der Waals surface area contributed by atoms with Gasteiger partial charge in [-0.05, 0) is 54.9 Å². The predicted molar refractivity (Wildman–Crippen MR) is 136 cm³/mol. The lowest BCUT2D eigenvalue weighted by molar-refractivity contribution is -0.192. The highest BCUT2D eigenvalue weighted by Crippen LogP contribution is 2.43. The van der Waals surface area contributed by atoms with Crippen LogP contribution in [0.2, 0.25) is 0 Å². The molecule has 0 spiro atoms. The molecule has 8 nitrogen and oxygen atoms in total. The number of nitrogens with two attached hydrogens (primary N) is 1. The van der Waals surface area contributed by atoms with Gasteiger partial charge in [0.05, 0.1) is 6.07 Å². The van der Waals surface area contributed by atoms with Crippen molar-refractivity contribution in [3.8, 4) is 6.07 Å². The van der Waals surface area contributed by atoms with E-state index in [1.54, 1.807) is 6.07 Å². The predicted octanol–water partition coefficient (Wildman–Crippen LogP) is 4.07. The number of halogens is 3. The number of hydrogen-bond acceptors (Lipinski definition) is 5. The number of carbonyl (C=O) groups is 3. The monoisotopic (exact) mass is 544 g/mol. The van der Waals surface area contributed by atoms with E-state index in [0.29, 0.717) is 36.7 Å². The normalized spacial score (nSPS) is 20.3. The molecule has 2 amide bonds. The van der Waals surface area contributed by atoms with E-state index in [0.717, 1.165) is 24.9 Å². The van der Waals surface area contributed by atoms with Crippen LogP contribution < -0.4 is 5.73 Å². The highest BCUT2D eigenvalue weighted by Gasteiger charge is 2.41. The molecule has 0 aromatic heterocycles. The van der Waals surface area contributed by atoms with Crippen molar-refractivity contribution in [1.29, 1.82) is 5.26 Å². The largest absolute Gasteiger partial charge is 0.490 e. The van der Waals surface area contributed by atoms with Gasteiger partial charge in [0.2, 0.25) is 11.8 Å². The fourth-order valence-corrected chi connectivity index (χ4v) is 5.37. The molecule has 2 unspecified atom stereocenters. The van der Waals surface area contributed by atoms with E-state index in [9.17, 15) is 22.8 Å². The number of aliphatic carboxylic acids is 1. The topological polar surface area (TPSA) is 128 Å². The minimum Gasteiger partial charge on any atom is -0.475 e. The average molecular weight is 545 g/mol. The fraction of sp³-hybridized carbons (Fsp3) is 0.429. The lowest BCUT2D eigenvalue weighted by atomic mass is 9.84. The van der Waals surface area contributed by atoms with Crippen LogP contribution in [0.5, 0.6) is 0 Å². The Morgan fingerprint density at radius 1 is 1.05 bits per heavy atom. The third-order valence-corrected chi connectivity index (χ3v) is 7.20. The molecule has 0 aliphatic carbocycles. The summed E-state index contributed by atoms with van der Waals surface area (Å²) in [7, 11) is 0. The van der Waals surface area contributed by atoms with Gasteiger partial charge in [0, 0.05) is 37.3 Å². The van der Waals surface area contributed by atoms with E-state index in [2.05, 4.69) is 11.0 Å². The van der Waals surface area contributed by atoms with Gasteiger partial charge in [0.25, 0.3) is 0 Å². The van der Waals surface area contributed by atoms with E-state index in [1.807, 2.05) is 53.4 Å². The van der Waals surface area contributed by atoms with Gasteiger partial charge in [0.15, 0.2) is 0 Å². The van der Waals surface area contributed by atoms with Gasteiger partial charge in [0.1, 0.15) is 6.42 Å². The third-order valence-electron chi connectivity index (χ3n) is 7.20. The lowest BCUT2D eigenvalue weighted by Crippen LogP contribution is -2.46. The van der Waals surface area contributed by atoms with Gasteiger partial charge in [-0.2, -0.15) is 18.4 Å². The average Bonchev–Trinajstić information content (AvgIpc) is 3.13. The molecule has 2 saturated heterocycles. The van der Waals surface area contributed by atoms with Crippen molar-refractivity contribution in [2.75, 3.05) is 13.1 Å². The number of benzene rings is 2.